The number of allylic oxidation sites excluding steroid dienone is 1. The van der Waals surface area contributed by atoms with Gasteiger partial charge in [-0.3, -0.25) is 19.3 Å². The van der Waals surface area contributed by atoms with E-state index < -0.39 is 0 Å². The molecule has 1 saturated heterocycles. The van der Waals surface area contributed by atoms with Gasteiger partial charge in [-0.15, -0.1) is 11.8 Å². The molecule has 0 bridgehead atoms. The molecule has 1 fully saturated rings. The summed E-state index contributed by atoms with van der Waals surface area (Å²) >= 11 is 7.90. The van der Waals surface area contributed by atoms with E-state index in [-0.39, 0.29) is 11.2 Å². The van der Waals surface area contributed by atoms with Crippen LogP contribution in [-0.2, 0) is 25.7 Å². The van der Waals surface area contributed by atoms with Gasteiger partial charge in [0.15, 0.2) is 0 Å². The predicted molar refractivity (Wildman–Crippen MR) is 117 cm³/mol. The number of hydrogen-bond acceptors (Lipinski definition) is 7. The Morgan fingerprint density at radius 3 is 2.59 bits per heavy atom. The summed E-state index contributed by atoms with van der Waals surface area (Å²) < 4.78 is 3.86. The van der Waals surface area contributed by atoms with E-state index in [0.29, 0.717) is 12.3 Å². The number of rotatable bonds is 7. The number of thioether (sulfide) groups is 1. The van der Waals surface area contributed by atoms with Crippen molar-refractivity contribution < 1.29 is 24.2 Å². The summed E-state index contributed by atoms with van der Waals surface area (Å²) in [5.74, 6) is 0.537. The van der Waals surface area contributed by atoms with E-state index in [1.54, 1.807) is 17.8 Å². The van der Waals surface area contributed by atoms with Crippen LogP contribution in [0.2, 0.25) is 5.02 Å². The molecule has 1 atom stereocenters. The minimum atomic E-state index is -0.0328. The second-order valence-corrected chi connectivity index (χ2v) is 7.43. The number of amides is 1. The summed E-state index contributed by atoms with van der Waals surface area (Å²) in [6, 6.07) is 7.84. The summed E-state index contributed by atoms with van der Waals surface area (Å²) in [7, 11) is 2.31. The Morgan fingerprint density at radius 2 is 2.03 bits per heavy atom. The van der Waals surface area contributed by atoms with E-state index in [1.807, 2.05) is 24.3 Å². The van der Waals surface area contributed by atoms with Crippen molar-refractivity contribution >= 4 is 42.0 Å². The molecule has 1 heterocycles. The predicted octanol–water partition coefficient (Wildman–Crippen LogP) is 2.26. The summed E-state index contributed by atoms with van der Waals surface area (Å²) in [6.45, 7) is 4.36. The highest BCUT2D eigenvalue weighted by Gasteiger charge is 2.24. The van der Waals surface area contributed by atoms with Crippen LogP contribution in [0.4, 0.5) is 0 Å². The molecule has 0 saturated carbocycles. The van der Waals surface area contributed by atoms with Crippen LogP contribution in [0.3, 0.4) is 0 Å². The summed E-state index contributed by atoms with van der Waals surface area (Å²) in [4.78, 5) is 33.1. The van der Waals surface area contributed by atoms with Crippen molar-refractivity contribution in [2.24, 2.45) is 0 Å². The van der Waals surface area contributed by atoms with Crippen molar-refractivity contribution in [2.45, 2.75) is 25.1 Å². The van der Waals surface area contributed by atoms with Gasteiger partial charge in [0.1, 0.15) is 6.29 Å². The highest BCUT2D eigenvalue weighted by atomic mass is 35.5. The first-order valence-corrected chi connectivity index (χ1v) is 10.3. The van der Waals surface area contributed by atoms with Gasteiger partial charge in [0.05, 0.1) is 13.0 Å². The van der Waals surface area contributed by atoms with Gasteiger partial charge in [-0.05, 0) is 29.7 Å². The van der Waals surface area contributed by atoms with Crippen LogP contribution in [0.5, 0.6) is 0 Å². The maximum absolute atomic E-state index is 11.0. The molecule has 2 N–H and O–H groups in total. The van der Waals surface area contributed by atoms with E-state index >= 15 is 0 Å². The Hall–Kier alpha value is -1.87. The Kier molecular flexibility index (Phi) is 15.9. The van der Waals surface area contributed by atoms with Crippen LogP contribution in [-0.4, -0.2) is 67.1 Å². The lowest BCUT2D eigenvalue weighted by Gasteiger charge is -2.34. The molecular formula is C20H29ClN2O5S. The molecule has 7 nitrogen and oxygen atoms in total. The molecule has 0 aliphatic carbocycles. The molecule has 1 aromatic carbocycles. The zero-order valence-corrected chi connectivity index (χ0v) is 18.5. The number of carbonyl (C=O) groups is 3. The quantitative estimate of drug-likeness (QED) is 0.378. The lowest BCUT2D eigenvalue weighted by atomic mass is 10.0. The molecule has 1 unspecified atom stereocenters. The van der Waals surface area contributed by atoms with E-state index in [1.165, 1.54) is 14.0 Å². The second-order valence-electron chi connectivity index (χ2n) is 5.83. The molecule has 2 rings (SSSR count). The van der Waals surface area contributed by atoms with Gasteiger partial charge >= 0.3 is 0 Å². The maximum atomic E-state index is 11.0. The van der Waals surface area contributed by atoms with E-state index in [0.717, 1.165) is 55.6 Å². The largest absolute Gasteiger partial charge is 0.471 e. The fraction of sp³-hybridized carbons (Fsp3) is 0.450. The number of aliphatic hydroxyl groups is 1. The molecule has 1 aliphatic heterocycles. The Labute approximate surface area is 181 Å². The molecular weight excluding hydrogens is 416 g/mol. The number of halogens is 1. The molecule has 162 valence electrons. The Balaban J connectivity index is 0.00000116. The molecule has 29 heavy (non-hydrogen) atoms. The number of likely N-dealkylation sites (tertiary alicyclic amines) is 1. The fourth-order valence-corrected chi connectivity index (χ4v) is 3.93. The van der Waals surface area contributed by atoms with Gasteiger partial charge in [-0.1, -0.05) is 29.8 Å². The van der Waals surface area contributed by atoms with Gasteiger partial charge in [0, 0.05) is 43.9 Å². The third-order valence-corrected chi connectivity index (χ3v) is 5.48. The van der Waals surface area contributed by atoms with Crippen LogP contribution < -0.4 is 5.32 Å². The van der Waals surface area contributed by atoms with Crippen molar-refractivity contribution in [3.05, 3.63) is 46.5 Å². The standard InChI is InChI=1S/C17H21ClN2O2S.C2H4O2.CH4O/c1-13(22)19-12-23-17-6-8-20(11-15(17)7-9-21)10-14-4-2-3-5-16(14)18;1-4-2-3;1-2/h2-5,7,9,17H,6,8,10-12H2,1H3,(H,19,22);2H,1H3;2H,1H3/b15-7-;;. The highest BCUT2D eigenvalue weighted by Crippen LogP contribution is 2.29. The highest BCUT2D eigenvalue weighted by molar-refractivity contribution is 8.00. The first kappa shape index (κ1) is 27.1. The first-order valence-electron chi connectivity index (χ1n) is 8.89. The smallest absolute Gasteiger partial charge is 0.292 e. The number of aliphatic hydroxyl groups excluding tert-OH is 1. The molecule has 0 aromatic heterocycles. The second kappa shape index (κ2) is 17.0. The number of carbonyl (C=O) groups excluding carboxylic acids is 3. The number of ether oxygens (including phenoxy) is 1. The van der Waals surface area contributed by atoms with Crippen molar-refractivity contribution in [1.82, 2.24) is 10.2 Å². The van der Waals surface area contributed by atoms with Crippen LogP contribution in [0, 0.1) is 0 Å². The topological polar surface area (TPSA) is 95.9 Å². The third-order valence-electron chi connectivity index (χ3n) is 3.86. The molecule has 1 amide bonds. The van der Waals surface area contributed by atoms with E-state index in [9.17, 15) is 9.59 Å². The zero-order valence-electron chi connectivity index (χ0n) is 17.0. The molecule has 0 spiro atoms. The number of aldehydes is 1. The maximum Gasteiger partial charge on any atom is 0.292 e. The van der Waals surface area contributed by atoms with Crippen LogP contribution in [0.25, 0.3) is 0 Å². The minimum Gasteiger partial charge on any atom is -0.471 e. The number of hydrogen-bond donors (Lipinski definition) is 2. The molecule has 1 aromatic rings. The number of nitrogens with one attached hydrogen (secondary N) is 1. The monoisotopic (exact) mass is 444 g/mol. The van der Waals surface area contributed by atoms with E-state index in [4.69, 9.17) is 21.5 Å². The summed E-state index contributed by atoms with van der Waals surface area (Å²) in [5.41, 5.74) is 2.21. The van der Waals surface area contributed by atoms with Gasteiger partial charge in [0.25, 0.3) is 6.47 Å². The zero-order chi connectivity index (χ0) is 22.1. The third kappa shape index (κ3) is 11.7. The number of piperidine rings is 1. The lowest BCUT2D eigenvalue weighted by Crippen LogP contribution is -2.37. The Morgan fingerprint density at radius 1 is 1.38 bits per heavy atom. The van der Waals surface area contributed by atoms with Crippen molar-refractivity contribution in [3.8, 4) is 0 Å². The van der Waals surface area contributed by atoms with Gasteiger partial charge < -0.3 is 15.2 Å². The van der Waals surface area contributed by atoms with Gasteiger partial charge in [-0.25, -0.2) is 0 Å². The minimum absolute atomic E-state index is 0.0328. The van der Waals surface area contributed by atoms with Crippen LogP contribution >= 0.6 is 23.4 Å². The van der Waals surface area contributed by atoms with Crippen molar-refractivity contribution in [1.29, 1.82) is 0 Å². The van der Waals surface area contributed by atoms with Crippen LogP contribution in [0.1, 0.15) is 18.9 Å². The van der Waals surface area contributed by atoms with Crippen molar-refractivity contribution in [3.63, 3.8) is 0 Å². The van der Waals surface area contributed by atoms with Crippen LogP contribution in [0.15, 0.2) is 35.9 Å². The average molecular weight is 445 g/mol. The SMILES string of the molecule is CC(=O)NCSC1CCN(Cc2ccccc2Cl)C/C1=C/C=O.CO.COC=O. The van der Waals surface area contributed by atoms with E-state index in [2.05, 4.69) is 15.0 Å². The normalized spacial score (nSPS) is 17.1. The lowest BCUT2D eigenvalue weighted by molar-refractivity contribution is -0.126. The van der Waals surface area contributed by atoms with Crippen molar-refractivity contribution in [2.75, 3.05) is 33.2 Å². The fourth-order valence-electron chi connectivity index (χ4n) is 2.61. The number of benzene rings is 1. The first-order chi connectivity index (χ1) is 14.0. The van der Waals surface area contributed by atoms with Gasteiger partial charge in [0.2, 0.25) is 5.91 Å². The molecule has 1 aliphatic rings. The number of nitrogens with zero attached hydrogens (tertiary/aromatic N) is 1. The number of methoxy groups -OCH3 is 1. The molecule has 0 radical (unpaired) electrons. The summed E-state index contributed by atoms with van der Waals surface area (Å²) in [5, 5.41) is 10.8. The summed E-state index contributed by atoms with van der Waals surface area (Å²) in [6.07, 6.45) is 3.46. The molecule has 9 heteroatoms. The van der Waals surface area contributed by atoms with Gasteiger partial charge in [-0.2, -0.15) is 0 Å². The average Bonchev–Trinajstić information content (AvgIpc) is 2.73. The Bertz CT molecular complexity index is 658.